The van der Waals surface area contributed by atoms with Crippen LogP contribution in [0.25, 0.3) is 0 Å². The van der Waals surface area contributed by atoms with E-state index >= 15 is 0 Å². The lowest BCUT2D eigenvalue weighted by Gasteiger charge is -2.32. The first-order valence-corrected chi connectivity index (χ1v) is 6.28. The molecule has 2 heterocycles. The Balaban J connectivity index is 1.64. The third-order valence-corrected chi connectivity index (χ3v) is 3.96. The highest BCUT2D eigenvalue weighted by molar-refractivity contribution is 5.20. The Labute approximate surface area is 92.0 Å². The fourth-order valence-electron chi connectivity index (χ4n) is 3.09. The zero-order valence-electron chi connectivity index (χ0n) is 9.23. The minimum absolute atomic E-state index is 0.599. The zero-order valence-corrected chi connectivity index (χ0v) is 9.23. The predicted octanol–water partition coefficient (Wildman–Crippen LogP) is 1.90. The normalized spacial score (nSPS) is 40.7. The number of nitrogens with zero attached hydrogens (tertiary/aromatic N) is 1. The molecule has 0 aromatic carbocycles. The van der Waals surface area contributed by atoms with E-state index < -0.39 is 0 Å². The first-order chi connectivity index (χ1) is 7.43. The Morgan fingerprint density at radius 2 is 1.80 bits per heavy atom. The molecule has 0 amide bonds. The Hall–Kier alpha value is -0.600. The third-order valence-electron chi connectivity index (χ3n) is 3.96. The van der Waals surface area contributed by atoms with Crippen LogP contribution in [0.5, 0.6) is 0 Å². The number of rotatable bonds is 1. The van der Waals surface area contributed by atoms with Crippen LogP contribution in [-0.2, 0) is 0 Å². The van der Waals surface area contributed by atoms with Crippen molar-refractivity contribution in [1.82, 2.24) is 10.2 Å². The van der Waals surface area contributed by atoms with Crippen molar-refractivity contribution in [2.24, 2.45) is 5.92 Å². The van der Waals surface area contributed by atoms with Gasteiger partial charge in [0, 0.05) is 6.04 Å². The summed E-state index contributed by atoms with van der Waals surface area (Å²) in [5.41, 5.74) is 0. The van der Waals surface area contributed by atoms with Crippen molar-refractivity contribution in [3.05, 3.63) is 24.3 Å². The van der Waals surface area contributed by atoms with Gasteiger partial charge < -0.3 is 0 Å². The fraction of sp³-hybridized carbons (Fsp3) is 0.692. The molecule has 2 heteroatoms. The molecule has 0 radical (unpaired) electrons. The van der Waals surface area contributed by atoms with Crippen LogP contribution in [0, 0.1) is 5.92 Å². The lowest BCUT2D eigenvalue weighted by Crippen LogP contribution is -2.46. The van der Waals surface area contributed by atoms with Crippen LogP contribution < -0.4 is 5.32 Å². The first kappa shape index (κ1) is 9.61. The van der Waals surface area contributed by atoms with Crippen LogP contribution in [0.15, 0.2) is 24.3 Å². The molecule has 3 unspecified atom stereocenters. The Morgan fingerprint density at radius 1 is 1.00 bits per heavy atom. The second-order valence-corrected chi connectivity index (χ2v) is 4.97. The van der Waals surface area contributed by atoms with Crippen molar-refractivity contribution in [3.8, 4) is 0 Å². The van der Waals surface area contributed by atoms with E-state index in [1.807, 2.05) is 0 Å². The molecular weight excluding hydrogens is 184 g/mol. The number of piperidine rings is 1. The number of nitrogens with one attached hydrogen (secondary N) is 1. The molecular formula is C13H20N2. The third kappa shape index (κ3) is 1.88. The molecule has 2 fully saturated rings. The van der Waals surface area contributed by atoms with E-state index in [-0.39, 0.29) is 0 Å². The largest absolute Gasteiger partial charge is 0.295 e. The van der Waals surface area contributed by atoms with Crippen molar-refractivity contribution in [1.29, 1.82) is 0 Å². The molecule has 0 spiro atoms. The van der Waals surface area contributed by atoms with Crippen molar-refractivity contribution >= 4 is 0 Å². The van der Waals surface area contributed by atoms with E-state index in [1.54, 1.807) is 0 Å². The van der Waals surface area contributed by atoms with Gasteiger partial charge in [-0.05, 0) is 38.3 Å². The van der Waals surface area contributed by atoms with Crippen LogP contribution >= 0.6 is 0 Å². The minimum atomic E-state index is 0.599. The number of hydrogen-bond donors (Lipinski definition) is 1. The van der Waals surface area contributed by atoms with E-state index in [9.17, 15) is 0 Å². The maximum Gasteiger partial charge on any atom is 0.0608 e. The second-order valence-electron chi connectivity index (χ2n) is 4.97. The summed E-state index contributed by atoms with van der Waals surface area (Å²) in [4.78, 5) is 2.64. The Kier molecular flexibility index (Phi) is 2.63. The SMILES string of the molecule is C1=CC2CC(N3CCCCC3)NC2C=C1. The highest BCUT2D eigenvalue weighted by atomic mass is 15.3. The van der Waals surface area contributed by atoms with Crippen LogP contribution in [0.2, 0.25) is 0 Å². The van der Waals surface area contributed by atoms with Gasteiger partial charge in [-0.2, -0.15) is 0 Å². The molecule has 0 aromatic heterocycles. The summed E-state index contributed by atoms with van der Waals surface area (Å²) in [5.74, 6) is 0.738. The molecule has 0 aromatic rings. The van der Waals surface area contributed by atoms with Gasteiger partial charge in [0.15, 0.2) is 0 Å². The van der Waals surface area contributed by atoms with E-state index in [0.717, 1.165) is 5.92 Å². The molecule has 15 heavy (non-hydrogen) atoms. The summed E-state index contributed by atoms with van der Waals surface area (Å²) in [6.07, 6.45) is 15.2. The fourth-order valence-corrected chi connectivity index (χ4v) is 3.09. The van der Waals surface area contributed by atoms with Crippen molar-refractivity contribution in [2.75, 3.05) is 13.1 Å². The van der Waals surface area contributed by atoms with Gasteiger partial charge in [-0.3, -0.25) is 10.2 Å². The van der Waals surface area contributed by atoms with Gasteiger partial charge in [-0.15, -0.1) is 0 Å². The highest BCUT2D eigenvalue weighted by Crippen LogP contribution is 2.28. The van der Waals surface area contributed by atoms with Gasteiger partial charge in [0.25, 0.3) is 0 Å². The number of allylic oxidation sites excluding steroid dienone is 2. The molecule has 3 aliphatic rings. The van der Waals surface area contributed by atoms with Gasteiger partial charge in [0.05, 0.1) is 6.17 Å². The molecule has 1 aliphatic carbocycles. The molecule has 3 rings (SSSR count). The first-order valence-electron chi connectivity index (χ1n) is 6.28. The average molecular weight is 204 g/mol. The van der Waals surface area contributed by atoms with E-state index in [1.165, 1.54) is 38.8 Å². The second kappa shape index (κ2) is 4.11. The molecule has 2 aliphatic heterocycles. The summed E-state index contributed by atoms with van der Waals surface area (Å²) in [7, 11) is 0. The molecule has 82 valence electrons. The van der Waals surface area contributed by atoms with E-state index in [2.05, 4.69) is 34.5 Å². The maximum atomic E-state index is 3.75. The summed E-state index contributed by atoms with van der Waals surface area (Å²) in [5, 5.41) is 3.75. The summed E-state index contributed by atoms with van der Waals surface area (Å²) >= 11 is 0. The van der Waals surface area contributed by atoms with Gasteiger partial charge >= 0.3 is 0 Å². The topological polar surface area (TPSA) is 15.3 Å². The van der Waals surface area contributed by atoms with Gasteiger partial charge in [-0.1, -0.05) is 30.7 Å². The number of hydrogen-bond acceptors (Lipinski definition) is 2. The molecule has 2 nitrogen and oxygen atoms in total. The molecule has 1 N–H and O–H groups in total. The quantitative estimate of drug-likeness (QED) is 0.702. The summed E-state index contributed by atoms with van der Waals surface area (Å²) < 4.78 is 0. The average Bonchev–Trinajstić information content (AvgIpc) is 2.74. The van der Waals surface area contributed by atoms with Gasteiger partial charge in [0.1, 0.15) is 0 Å². The minimum Gasteiger partial charge on any atom is -0.295 e. The van der Waals surface area contributed by atoms with Crippen molar-refractivity contribution in [2.45, 2.75) is 37.9 Å². The van der Waals surface area contributed by atoms with E-state index in [0.29, 0.717) is 12.2 Å². The van der Waals surface area contributed by atoms with Gasteiger partial charge in [-0.25, -0.2) is 0 Å². The summed E-state index contributed by atoms with van der Waals surface area (Å²) in [6, 6.07) is 0.599. The summed E-state index contributed by atoms with van der Waals surface area (Å²) in [6.45, 7) is 2.59. The highest BCUT2D eigenvalue weighted by Gasteiger charge is 2.34. The maximum absolute atomic E-state index is 3.75. The van der Waals surface area contributed by atoms with Crippen LogP contribution in [0.3, 0.4) is 0 Å². The molecule has 2 saturated heterocycles. The molecule has 3 atom stereocenters. The Bertz CT molecular complexity index is 256. The predicted molar refractivity (Wildman–Crippen MR) is 62.5 cm³/mol. The Morgan fingerprint density at radius 3 is 2.60 bits per heavy atom. The zero-order chi connectivity index (χ0) is 10.1. The molecule has 0 bridgehead atoms. The van der Waals surface area contributed by atoms with Crippen LogP contribution in [0.4, 0.5) is 0 Å². The lowest BCUT2D eigenvalue weighted by molar-refractivity contribution is 0.148. The number of likely N-dealkylation sites (tertiary alicyclic amines) is 1. The standard InChI is InChI=1S/C13H20N2/c1-4-8-15(9-5-1)13-10-11-6-2-3-7-12(11)14-13/h2-3,6-7,11-14H,1,4-5,8-10H2. The van der Waals surface area contributed by atoms with Gasteiger partial charge in [0.2, 0.25) is 0 Å². The van der Waals surface area contributed by atoms with Crippen molar-refractivity contribution < 1.29 is 0 Å². The van der Waals surface area contributed by atoms with E-state index in [4.69, 9.17) is 0 Å². The smallest absolute Gasteiger partial charge is 0.0608 e. The monoisotopic (exact) mass is 204 g/mol. The van der Waals surface area contributed by atoms with Crippen molar-refractivity contribution in [3.63, 3.8) is 0 Å². The number of fused-ring (bicyclic) bond motifs is 1. The lowest BCUT2D eigenvalue weighted by atomic mass is 9.96. The van der Waals surface area contributed by atoms with Crippen LogP contribution in [-0.4, -0.2) is 30.2 Å². The van der Waals surface area contributed by atoms with Crippen LogP contribution in [0.1, 0.15) is 25.7 Å². The molecule has 0 saturated carbocycles.